The van der Waals surface area contributed by atoms with Crippen molar-refractivity contribution in [1.82, 2.24) is 4.90 Å². The van der Waals surface area contributed by atoms with Crippen molar-refractivity contribution in [2.24, 2.45) is 5.92 Å². The fourth-order valence-corrected chi connectivity index (χ4v) is 3.32. The Morgan fingerprint density at radius 3 is 2.70 bits per heavy atom. The number of methoxy groups -OCH3 is 1. The summed E-state index contributed by atoms with van der Waals surface area (Å²) in [5.41, 5.74) is 1.28. The smallest absolute Gasteiger partial charge is 0.289 e. The molecule has 1 fully saturated rings. The van der Waals surface area contributed by atoms with Crippen LogP contribution in [0.2, 0.25) is 0 Å². The Morgan fingerprint density at radius 1 is 1.26 bits per heavy atom. The molecule has 0 spiro atoms. The monoisotopic (exact) mass is 313 g/mol. The molecule has 4 nitrogen and oxygen atoms in total. The Labute approximate surface area is 137 Å². The fourth-order valence-electron chi connectivity index (χ4n) is 3.32. The molecule has 0 unspecified atom stereocenters. The summed E-state index contributed by atoms with van der Waals surface area (Å²) < 4.78 is 11.1. The summed E-state index contributed by atoms with van der Waals surface area (Å²) in [5, 5.41) is 0. The van der Waals surface area contributed by atoms with Gasteiger partial charge in [-0.15, -0.1) is 0 Å². The average Bonchev–Trinajstić information content (AvgIpc) is 3.01. The normalized spacial score (nSPS) is 21.4. The molecule has 1 aromatic heterocycles. The Bertz CT molecular complexity index is 650. The van der Waals surface area contributed by atoms with Crippen LogP contribution in [0, 0.1) is 12.8 Å². The molecule has 2 aromatic rings. The summed E-state index contributed by atoms with van der Waals surface area (Å²) in [5.74, 6) is 1.47. The highest BCUT2D eigenvalue weighted by Crippen LogP contribution is 2.25. The number of hydrogen-bond donors (Lipinski definition) is 0. The lowest BCUT2D eigenvalue weighted by atomic mass is 9.88. The maximum Gasteiger partial charge on any atom is 0.289 e. The molecule has 2 heterocycles. The third kappa shape index (κ3) is 3.64. The van der Waals surface area contributed by atoms with Crippen molar-refractivity contribution in [3.63, 3.8) is 0 Å². The Hall–Kier alpha value is -2.07. The Kier molecular flexibility index (Phi) is 4.82. The van der Waals surface area contributed by atoms with Crippen LogP contribution in [0.3, 0.4) is 0 Å². The minimum absolute atomic E-state index is 0.0225. The van der Waals surface area contributed by atoms with Gasteiger partial charge in [0, 0.05) is 26.1 Å². The first-order valence-corrected chi connectivity index (χ1v) is 8.10. The number of nitrogens with zero attached hydrogens (tertiary/aromatic N) is 1. The van der Waals surface area contributed by atoms with Gasteiger partial charge in [0.2, 0.25) is 0 Å². The zero-order valence-electron chi connectivity index (χ0n) is 13.7. The molecule has 1 saturated heterocycles. The molecule has 1 aromatic carbocycles. The molecule has 0 bridgehead atoms. The third-order valence-electron chi connectivity index (χ3n) is 4.55. The van der Waals surface area contributed by atoms with E-state index in [1.807, 2.05) is 24.0 Å². The summed E-state index contributed by atoms with van der Waals surface area (Å²) in [6.45, 7) is 3.26. The molecule has 23 heavy (non-hydrogen) atoms. The second-order valence-electron chi connectivity index (χ2n) is 6.17. The van der Waals surface area contributed by atoms with Crippen LogP contribution in [0.5, 0.6) is 0 Å². The van der Waals surface area contributed by atoms with Gasteiger partial charge in [-0.05, 0) is 37.5 Å². The topological polar surface area (TPSA) is 42.7 Å². The third-order valence-corrected chi connectivity index (χ3v) is 4.55. The molecule has 0 radical (unpaired) electrons. The molecular weight excluding hydrogens is 290 g/mol. The molecule has 4 heteroatoms. The molecule has 122 valence electrons. The van der Waals surface area contributed by atoms with Gasteiger partial charge >= 0.3 is 0 Å². The molecule has 0 saturated carbocycles. The molecule has 2 atom stereocenters. The predicted molar refractivity (Wildman–Crippen MR) is 88.4 cm³/mol. The minimum Gasteiger partial charge on any atom is -0.456 e. The van der Waals surface area contributed by atoms with E-state index >= 15 is 0 Å². The quantitative estimate of drug-likeness (QED) is 0.870. The molecule has 0 N–H and O–H groups in total. The number of carbonyl (C=O) groups is 1. The standard InChI is InChI=1S/C19H23NO3/c1-14-8-9-18(23-14)19(21)20-11-10-17(22-2)16(13-20)12-15-6-4-3-5-7-15/h3-9,16-17H,10-13H2,1-2H3/t16-,17+/m0/s1. The van der Waals surface area contributed by atoms with E-state index in [-0.39, 0.29) is 12.0 Å². The maximum absolute atomic E-state index is 12.6. The summed E-state index contributed by atoms with van der Waals surface area (Å²) in [6, 6.07) is 14.0. The lowest BCUT2D eigenvalue weighted by Gasteiger charge is -2.37. The van der Waals surface area contributed by atoms with Crippen LogP contribution >= 0.6 is 0 Å². The van der Waals surface area contributed by atoms with E-state index < -0.39 is 0 Å². The van der Waals surface area contributed by atoms with Gasteiger partial charge in [-0.3, -0.25) is 4.79 Å². The van der Waals surface area contributed by atoms with E-state index in [0.717, 1.165) is 18.6 Å². The van der Waals surface area contributed by atoms with Gasteiger partial charge < -0.3 is 14.1 Å². The number of furan rings is 1. The van der Waals surface area contributed by atoms with E-state index in [9.17, 15) is 4.79 Å². The van der Waals surface area contributed by atoms with E-state index in [2.05, 4.69) is 24.3 Å². The van der Waals surface area contributed by atoms with Crippen LogP contribution in [0.4, 0.5) is 0 Å². The van der Waals surface area contributed by atoms with E-state index in [0.29, 0.717) is 24.8 Å². The number of hydrogen-bond acceptors (Lipinski definition) is 3. The predicted octanol–water partition coefficient (Wildman–Crippen LogP) is 3.31. The first-order chi connectivity index (χ1) is 11.2. The molecule has 1 amide bonds. The van der Waals surface area contributed by atoms with Crippen molar-refractivity contribution in [1.29, 1.82) is 0 Å². The highest BCUT2D eigenvalue weighted by molar-refractivity contribution is 5.91. The van der Waals surface area contributed by atoms with Crippen LogP contribution < -0.4 is 0 Å². The minimum atomic E-state index is -0.0225. The average molecular weight is 313 g/mol. The van der Waals surface area contributed by atoms with Crippen LogP contribution in [-0.2, 0) is 11.2 Å². The number of benzene rings is 1. The van der Waals surface area contributed by atoms with Crippen LogP contribution in [0.25, 0.3) is 0 Å². The van der Waals surface area contributed by atoms with Crippen molar-refractivity contribution in [2.45, 2.75) is 25.9 Å². The summed E-state index contributed by atoms with van der Waals surface area (Å²) in [6.07, 6.45) is 1.97. The number of piperidine rings is 1. The summed E-state index contributed by atoms with van der Waals surface area (Å²) in [4.78, 5) is 14.5. The zero-order chi connectivity index (χ0) is 16.2. The lowest BCUT2D eigenvalue weighted by molar-refractivity contribution is -0.00392. The Balaban J connectivity index is 1.71. The van der Waals surface area contributed by atoms with Crippen LogP contribution in [-0.4, -0.2) is 37.1 Å². The van der Waals surface area contributed by atoms with Crippen LogP contribution in [0.15, 0.2) is 46.9 Å². The van der Waals surface area contributed by atoms with E-state index in [1.54, 1.807) is 13.2 Å². The van der Waals surface area contributed by atoms with E-state index in [4.69, 9.17) is 9.15 Å². The van der Waals surface area contributed by atoms with Gasteiger partial charge in [-0.1, -0.05) is 30.3 Å². The highest BCUT2D eigenvalue weighted by atomic mass is 16.5. The SMILES string of the molecule is CO[C@@H]1CCN(C(=O)c2ccc(C)o2)C[C@@H]1Cc1ccccc1. The second-order valence-corrected chi connectivity index (χ2v) is 6.17. The number of amides is 1. The number of rotatable bonds is 4. The molecule has 0 aliphatic carbocycles. The first kappa shape index (κ1) is 15.8. The number of aryl methyl sites for hydroxylation is 1. The fraction of sp³-hybridized carbons (Fsp3) is 0.421. The number of carbonyl (C=O) groups excluding carboxylic acids is 1. The van der Waals surface area contributed by atoms with Gasteiger partial charge in [0.05, 0.1) is 6.10 Å². The molecule has 1 aliphatic rings. The molecular formula is C19H23NO3. The lowest BCUT2D eigenvalue weighted by Crippen LogP contribution is -2.47. The van der Waals surface area contributed by atoms with Gasteiger partial charge in [0.25, 0.3) is 5.91 Å². The second kappa shape index (κ2) is 7.01. The largest absolute Gasteiger partial charge is 0.456 e. The van der Waals surface area contributed by atoms with Gasteiger partial charge in [-0.25, -0.2) is 0 Å². The maximum atomic E-state index is 12.6. The van der Waals surface area contributed by atoms with Crippen molar-refractivity contribution < 1.29 is 13.9 Å². The number of ether oxygens (including phenoxy) is 1. The number of likely N-dealkylation sites (tertiary alicyclic amines) is 1. The molecule has 1 aliphatic heterocycles. The summed E-state index contributed by atoms with van der Waals surface area (Å²) >= 11 is 0. The van der Waals surface area contributed by atoms with Gasteiger partial charge in [0.1, 0.15) is 5.76 Å². The van der Waals surface area contributed by atoms with Crippen molar-refractivity contribution in [3.05, 3.63) is 59.5 Å². The van der Waals surface area contributed by atoms with E-state index in [1.165, 1.54) is 5.56 Å². The van der Waals surface area contributed by atoms with Crippen molar-refractivity contribution >= 4 is 5.91 Å². The van der Waals surface area contributed by atoms with Crippen LogP contribution in [0.1, 0.15) is 28.3 Å². The van der Waals surface area contributed by atoms with Gasteiger partial charge in [-0.2, -0.15) is 0 Å². The van der Waals surface area contributed by atoms with Gasteiger partial charge in [0.15, 0.2) is 5.76 Å². The molecule has 3 rings (SSSR count). The highest BCUT2D eigenvalue weighted by Gasteiger charge is 2.32. The first-order valence-electron chi connectivity index (χ1n) is 8.10. The van der Waals surface area contributed by atoms with Crippen molar-refractivity contribution in [3.8, 4) is 0 Å². The van der Waals surface area contributed by atoms with Crippen molar-refractivity contribution in [2.75, 3.05) is 20.2 Å². The zero-order valence-corrected chi connectivity index (χ0v) is 13.7. The summed E-state index contributed by atoms with van der Waals surface area (Å²) in [7, 11) is 1.76. The Morgan fingerprint density at radius 2 is 2.04 bits per heavy atom.